The zero-order chi connectivity index (χ0) is 22.7. The van der Waals surface area contributed by atoms with Crippen LogP contribution in [0.1, 0.15) is 67.6 Å². The fourth-order valence-corrected chi connectivity index (χ4v) is 4.66. The zero-order valence-electron chi connectivity index (χ0n) is 18.5. The highest BCUT2D eigenvalue weighted by atomic mass is 19.2. The first kappa shape index (κ1) is 22.5. The number of rotatable bonds is 6. The summed E-state index contributed by atoms with van der Waals surface area (Å²) >= 11 is 0. The maximum Gasteiger partial charge on any atom is 0.165 e. The fraction of sp³-hybridized carbons (Fsp3) is 0.407. The molecule has 5 heteroatoms. The molecule has 2 aromatic rings. The van der Waals surface area contributed by atoms with Gasteiger partial charge >= 0.3 is 0 Å². The van der Waals surface area contributed by atoms with Crippen molar-refractivity contribution in [2.24, 2.45) is 5.92 Å². The molecular formula is C27H29F3O2. The van der Waals surface area contributed by atoms with E-state index in [4.69, 9.17) is 9.47 Å². The van der Waals surface area contributed by atoms with Gasteiger partial charge in [0.05, 0.1) is 7.11 Å². The van der Waals surface area contributed by atoms with E-state index in [-0.39, 0.29) is 24.2 Å². The van der Waals surface area contributed by atoms with Crippen LogP contribution in [0.3, 0.4) is 0 Å². The normalized spacial score (nSPS) is 23.0. The van der Waals surface area contributed by atoms with Gasteiger partial charge in [0.25, 0.3) is 0 Å². The lowest BCUT2D eigenvalue weighted by Crippen LogP contribution is -2.14. The molecule has 0 saturated heterocycles. The van der Waals surface area contributed by atoms with Gasteiger partial charge in [0.1, 0.15) is 12.4 Å². The first-order chi connectivity index (χ1) is 15.5. The second kappa shape index (κ2) is 9.85. The summed E-state index contributed by atoms with van der Waals surface area (Å²) in [5.41, 5.74) is 1.57. The summed E-state index contributed by atoms with van der Waals surface area (Å²) in [6.07, 6.45) is 9.94. The van der Waals surface area contributed by atoms with Gasteiger partial charge in [-0.25, -0.2) is 13.2 Å². The summed E-state index contributed by atoms with van der Waals surface area (Å²) in [6, 6.07) is 8.19. The van der Waals surface area contributed by atoms with Crippen molar-refractivity contribution in [2.45, 2.75) is 57.5 Å². The third-order valence-corrected chi connectivity index (χ3v) is 6.68. The molecule has 2 aliphatic rings. The van der Waals surface area contributed by atoms with Crippen LogP contribution in [0, 0.1) is 23.4 Å². The monoisotopic (exact) mass is 442 g/mol. The topological polar surface area (TPSA) is 18.5 Å². The second-order valence-electron chi connectivity index (χ2n) is 8.89. The van der Waals surface area contributed by atoms with Crippen LogP contribution in [-0.4, -0.2) is 7.11 Å². The maximum absolute atomic E-state index is 14.9. The molecule has 170 valence electrons. The lowest BCUT2D eigenvalue weighted by molar-refractivity contribution is 0.208. The number of hydrogen-bond donors (Lipinski definition) is 0. The first-order valence-electron chi connectivity index (χ1n) is 11.3. The number of allylic oxidation sites excluding steroid dienone is 3. The molecule has 2 nitrogen and oxygen atoms in total. The van der Waals surface area contributed by atoms with E-state index in [2.05, 4.69) is 6.92 Å². The van der Waals surface area contributed by atoms with E-state index >= 15 is 0 Å². The summed E-state index contributed by atoms with van der Waals surface area (Å²) in [5.74, 6) is -0.512. The molecule has 0 heterocycles. The average Bonchev–Trinajstić information content (AvgIpc) is 2.81. The fourth-order valence-electron chi connectivity index (χ4n) is 4.66. The lowest BCUT2D eigenvalue weighted by atomic mass is 9.78. The smallest absolute Gasteiger partial charge is 0.165 e. The Kier molecular flexibility index (Phi) is 6.92. The van der Waals surface area contributed by atoms with Crippen LogP contribution in [0.4, 0.5) is 13.2 Å². The molecule has 0 aromatic heterocycles. The predicted molar refractivity (Wildman–Crippen MR) is 119 cm³/mol. The van der Waals surface area contributed by atoms with E-state index in [1.165, 1.54) is 13.2 Å². The van der Waals surface area contributed by atoms with Crippen molar-refractivity contribution in [3.63, 3.8) is 0 Å². The Morgan fingerprint density at radius 2 is 1.66 bits per heavy atom. The van der Waals surface area contributed by atoms with E-state index < -0.39 is 17.5 Å². The largest absolute Gasteiger partial charge is 0.494 e. The molecule has 0 spiro atoms. The van der Waals surface area contributed by atoms with Crippen molar-refractivity contribution in [1.82, 2.24) is 0 Å². The number of ether oxygens (including phenoxy) is 2. The average molecular weight is 443 g/mol. The molecule has 32 heavy (non-hydrogen) atoms. The summed E-state index contributed by atoms with van der Waals surface area (Å²) in [5, 5.41) is 0. The Morgan fingerprint density at radius 3 is 2.31 bits per heavy atom. The summed E-state index contributed by atoms with van der Waals surface area (Å²) in [7, 11) is 1.42. The van der Waals surface area contributed by atoms with Crippen molar-refractivity contribution < 1.29 is 22.6 Å². The molecule has 1 unspecified atom stereocenters. The van der Waals surface area contributed by atoms with Gasteiger partial charge in [0.2, 0.25) is 0 Å². The Hall–Kier alpha value is -2.69. The molecule has 4 rings (SSSR count). The van der Waals surface area contributed by atoms with Crippen molar-refractivity contribution in [3.05, 3.63) is 88.5 Å². The third-order valence-electron chi connectivity index (χ3n) is 6.68. The van der Waals surface area contributed by atoms with Gasteiger partial charge in [0, 0.05) is 5.92 Å². The molecule has 1 saturated carbocycles. The minimum absolute atomic E-state index is 0.110. The molecule has 2 aliphatic carbocycles. The van der Waals surface area contributed by atoms with Gasteiger partial charge in [-0.3, -0.25) is 0 Å². The molecule has 0 bridgehead atoms. The molecule has 0 N–H and O–H groups in total. The standard InChI is InChI=1S/C27H29F3O2/c1-17-3-6-19(7-4-17)22-12-13-23(27(30)26(22)29)20-8-10-21(11-9-20)32-16-18-5-14-25(31-2)24(28)15-18/h5,8,10-15,17,19-20H,3-4,6-7,9,16H2,1-2H3. The highest BCUT2D eigenvalue weighted by Gasteiger charge is 2.26. The van der Waals surface area contributed by atoms with E-state index in [0.29, 0.717) is 34.8 Å². The van der Waals surface area contributed by atoms with Crippen LogP contribution < -0.4 is 4.74 Å². The minimum atomic E-state index is -0.734. The van der Waals surface area contributed by atoms with Crippen LogP contribution >= 0.6 is 0 Å². The van der Waals surface area contributed by atoms with Gasteiger partial charge in [-0.05, 0) is 72.1 Å². The van der Waals surface area contributed by atoms with Crippen LogP contribution in [0.5, 0.6) is 5.75 Å². The zero-order valence-corrected chi connectivity index (χ0v) is 18.5. The van der Waals surface area contributed by atoms with Crippen LogP contribution in [0.25, 0.3) is 0 Å². The summed E-state index contributed by atoms with van der Waals surface area (Å²) in [6.45, 7) is 2.42. The van der Waals surface area contributed by atoms with Crippen molar-refractivity contribution >= 4 is 0 Å². The summed E-state index contributed by atoms with van der Waals surface area (Å²) < 4.78 is 54.3. The van der Waals surface area contributed by atoms with Gasteiger partial charge in [-0.15, -0.1) is 0 Å². The van der Waals surface area contributed by atoms with E-state index in [9.17, 15) is 13.2 Å². The highest BCUT2D eigenvalue weighted by molar-refractivity contribution is 5.36. The van der Waals surface area contributed by atoms with Gasteiger partial charge in [0.15, 0.2) is 23.2 Å². The van der Waals surface area contributed by atoms with E-state index in [1.807, 2.05) is 12.2 Å². The Balaban J connectivity index is 1.39. The molecule has 1 fully saturated rings. The third kappa shape index (κ3) is 4.87. The Morgan fingerprint density at radius 1 is 0.938 bits per heavy atom. The molecular weight excluding hydrogens is 413 g/mol. The Labute approximate surface area is 187 Å². The number of hydrogen-bond acceptors (Lipinski definition) is 2. The molecule has 0 radical (unpaired) electrons. The quantitative estimate of drug-likeness (QED) is 0.460. The van der Waals surface area contributed by atoms with Crippen molar-refractivity contribution in [3.8, 4) is 5.75 Å². The van der Waals surface area contributed by atoms with Crippen LogP contribution in [0.15, 0.2) is 54.3 Å². The van der Waals surface area contributed by atoms with E-state index in [1.54, 1.807) is 30.3 Å². The van der Waals surface area contributed by atoms with Gasteiger partial charge in [-0.1, -0.05) is 44.0 Å². The maximum atomic E-state index is 14.9. The SMILES string of the molecule is COc1ccc(COC2=CCC(c3ccc(C4CCC(C)CC4)c(F)c3F)C=C2)cc1F. The Bertz CT molecular complexity index is 1020. The minimum Gasteiger partial charge on any atom is -0.494 e. The van der Waals surface area contributed by atoms with Crippen LogP contribution in [0.2, 0.25) is 0 Å². The lowest BCUT2D eigenvalue weighted by Gasteiger charge is -2.27. The molecule has 1 atom stereocenters. The van der Waals surface area contributed by atoms with E-state index in [0.717, 1.165) is 25.7 Å². The predicted octanol–water partition coefficient (Wildman–Crippen LogP) is 7.55. The second-order valence-corrected chi connectivity index (χ2v) is 8.89. The van der Waals surface area contributed by atoms with Crippen LogP contribution in [-0.2, 0) is 11.3 Å². The number of benzene rings is 2. The van der Waals surface area contributed by atoms with Crippen molar-refractivity contribution in [2.75, 3.05) is 7.11 Å². The number of halogens is 3. The van der Waals surface area contributed by atoms with Gasteiger partial charge in [-0.2, -0.15) is 0 Å². The van der Waals surface area contributed by atoms with Gasteiger partial charge < -0.3 is 9.47 Å². The summed E-state index contributed by atoms with van der Waals surface area (Å²) in [4.78, 5) is 0. The highest BCUT2D eigenvalue weighted by Crippen LogP contribution is 2.39. The molecule has 2 aromatic carbocycles. The first-order valence-corrected chi connectivity index (χ1v) is 11.3. The molecule has 0 amide bonds. The molecule has 0 aliphatic heterocycles. The number of methoxy groups -OCH3 is 1. The van der Waals surface area contributed by atoms with Crippen molar-refractivity contribution in [1.29, 1.82) is 0 Å².